The first-order valence-corrected chi connectivity index (χ1v) is 20.3. The van der Waals surface area contributed by atoms with E-state index in [0.29, 0.717) is 0 Å². The lowest BCUT2D eigenvalue weighted by Crippen LogP contribution is -2.09. The number of benzene rings is 10. The molecule has 0 saturated heterocycles. The molecule has 0 aliphatic carbocycles. The molecule has 0 heterocycles. The molecule has 0 saturated carbocycles. The van der Waals surface area contributed by atoms with Crippen LogP contribution in [0.3, 0.4) is 0 Å². The van der Waals surface area contributed by atoms with E-state index in [-0.39, 0.29) is 0 Å². The summed E-state index contributed by atoms with van der Waals surface area (Å²) in [5.74, 6) is 0. The van der Waals surface area contributed by atoms with E-state index in [1.54, 1.807) is 0 Å². The average Bonchev–Trinajstić information content (AvgIpc) is 3.33. The fourth-order valence-electron chi connectivity index (χ4n) is 8.45. The molecule has 0 aromatic heterocycles. The van der Waals surface area contributed by atoms with Crippen LogP contribution in [0.2, 0.25) is 0 Å². The topological polar surface area (TPSA) is 3.24 Å². The van der Waals surface area contributed by atoms with Gasteiger partial charge in [0.1, 0.15) is 0 Å². The van der Waals surface area contributed by atoms with Crippen molar-refractivity contribution in [2.75, 3.05) is 4.90 Å². The zero-order chi connectivity index (χ0) is 39.4. The number of hydrogen-bond donors (Lipinski definition) is 0. The summed E-state index contributed by atoms with van der Waals surface area (Å²) in [7, 11) is 0. The van der Waals surface area contributed by atoms with Crippen LogP contribution in [0.15, 0.2) is 249 Å². The molecule has 0 fully saturated rings. The predicted molar refractivity (Wildman–Crippen MR) is 251 cm³/mol. The Kier molecular flexibility index (Phi) is 9.68. The minimum Gasteiger partial charge on any atom is -0.311 e. The van der Waals surface area contributed by atoms with E-state index in [2.05, 4.69) is 254 Å². The molecule has 0 bridgehead atoms. The normalized spacial score (nSPS) is 11.1. The highest BCUT2D eigenvalue weighted by Gasteiger charge is 2.17. The SMILES string of the molecule is c1ccc(-c2ccc(N(c3ccc(-c4ccccc4-c4ccccc4-c4ccccc4-c4ccccc4)cc3)c3ccc(-c4cccc5ccccc45)cc3)cc2)cc1. The number of nitrogens with zero attached hydrogens (tertiary/aromatic N) is 1. The van der Waals surface area contributed by atoms with E-state index in [9.17, 15) is 0 Å². The van der Waals surface area contributed by atoms with E-state index in [4.69, 9.17) is 0 Å². The number of rotatable bonds is 9. The third kappa shape index (κ3) is 7.12. The van der Waals surface area contributed by atoms with Crippen LogP contribution in [0, 0.1) is 0 Å². The van der Waals surface area contributed by atoms with Crippen molar-refractivity contribution in [3.8, 4) is 66.8 Å². The summed E-state index contributed by atoms with van der Waals surface area (Å²) < 4.78 is 0. The molecule has 0 N–H and O–H groups in total. The fourth-order valence-corrected chi connectivity index (χ4v) is 8.45. The van der Waals surface area contributed by atoms with Gasteiger partial charge in [0.2, 0.25) is 0 Å². The van der Waals surface area contributed by atoms with Crippen LogP contribution in [0.5, 0.6) is 0 Å². The Morgan fingerprint density at radius 1 is 0.186 bits per heavy atom. The van der Waals surface area contributed by atoms with Gasteiger partial charge in [0, 0.05) is 17.1 Å². The first kappa shape index (κ1) is 35.7. The van der Waals surface area contributed by atoms with Crippen molar-refractivity contribution in [3.63, 3.8) is 0 Å². The van der Waals surface area contributed by atoms with Crippen LogP contribution in [-0.4, -0.2) is 0 Å². The van der Waals surface area contributed by atoms with Crippen LogP contribution in [-0.2, 0) is 0 Å². The molecule has 0 amide bonds. The summed E-state index contributed by atoms with van der Waals surface area (Å²) in [6.07, 6.45) is 0. The molecule has 0 aliphatic heterocycles. The molecule has 10 rings (SSSR count). The smallest absolute Gasteiger partial charge is 0.0462 e. The van der Waals surface area contributed by atoms with Gasteiger partial charge in [0.25, 0.3) is 0 Å². The molecule has 10 aromatic rings. The summed E-state index contributed by atoms with van der Waals surface area (Å²) >= 11 is 0. The second kappa shape index (κ2) is 16.0. The van der Waals surface area contributed by atoms with Gasteiger partial charge < -0.3 is 4.90 Å². The van der Waals surface area contributed by atoms with Gasteiger partial charge in [-0.25, -0.2) is 0 Å². The van der Waals surface area contributed by atoms with Crippen LogP contribution >= 0.6 is 0 Å². The standard InChI is InChI=1S/C58H41N/c1-3-16-42(17-4-1)43-30-36-48(37-31-43)59(49-38-32-46(33-39-49)52-29-15-21-45-20-7-8-22-51(45)52)50-40-34-47(35-41-50)54-24-10-12-26-56(54)58-28-14-13-27-57(58)55-25-11-9-23-53(55)44-18-5-2-6-19-44/h1-41H. The molecule has 0 atom stereocenters. The number of hydrogen-bond acceptors (Lipinski definition) is 1. The monoisotopic (exact) mass is 751 g/mol. The van der Waals surface area contributed by atoms with Crippen molar-refractivity contribution in [2.45, 2.75) is 0 Å². The van der Waals surface area contributed by atoms with Crippen molar-refractivity contribution < 1.29 is 0 Å². The van der Waals surface area contributed by atoms with Crippen molar-refractivity contribution in [2.24, 2.45) is 0 Å². The maximum Gasteiger partial charge on any atom is 0.0462 e. The lowest BCUT2D eigenvalue weighted by atomic mass is 9.87. The lowest BCUT2D eigenvalue weighted by Gasteiger charge is -2.26. The molecule has 278 valence electrons. The highest BCUT2D eigenvalue weighted by Crippen LogP contribution is 2.43. The van der Waals surface area contributed by atoms with Gasteiger partial charge in [-0.15, -0.1) is 0 Å². The van der Waals surface area contributed by atoms with Gasteiger partial charge in [0.15, 0.2) is 0 Å². The van der Waals surface area contributed by atoms with Crippen molar-refractivity contribution >= 4 is 27.8 Å². The van der Waals surface area contributed by atoms with E-state index in [1.807, 2.05) is 0 Å². The van der Waals surface area contributed by atoms with E-state index >= 15 is 0 Å². The van der Waals surface area contributed by atoms with Crippen LogP contribution < -0.4 is 4.90 Å². The maximum atomic E-state index is 2.35. The first-order valence-electron chi connectivity index (χ1n) is 20.3. The molecule has 0 aliphatic rings. The Morgan fingerprint density at radius 2 is 0.492 bits per heavy atom. The molecular formula is C58H41N. The predicted octanol–water partition coefficient (Wildman–Crippen LogP) is 16.3. The van der Waals surface area contributed by atoms with Crippen molar-refractivity contribution in [1.29, 1.82) is 0 Å². The summed E-state index contributed by atoms with van der Waals surface area (Å²) in [6.45, 7) is 0. The Balaban J connectivity index is 1.04. The summed E-state index contributed by atoms with van der Waals surface area (Å²) in [5, 5.41) is 2.51. The van der Waals surface area contributed by atoms with Crippen LogP contribution in [0.4, 0.5) is 17.1 Å². The van der Waals surface area contributed by atoms with Gasteiger partial charge in [0.05, 0.1) is 0 Å². The second-order valence-electron chi connectivity index (χ2n) is 14.9. The zero-order valence-electron chi connectivity index (χ0n) is 32.6. The van der Waals surface area contributed by atoms with Gasteiger partial charge >= 0.3 is 0 Å². The quantitative estimate of drug-likeness (QED) is 0.142. The molecule has 10 aromatic carbocycles. The lowest BCUT2D eigenvalue weighted by molar-refractivity contribution is 1.28. The Bertz CT molecular complexity index is 3000. The highest BCUT2D eigenvalue weighted by molar-refractivity contribution is 5.98. The minimum absolute atomic E-state index is 1.09. The first-order chi connectivity index (χ1) is 29.3. The van der Waals surface area contributed by atoms with Gasteiger partial charge in [-0.2, -0.15) is 0 Å². The fraction of sp³-hybridized carbons (Fsp3) is 0. The Morgan fingerprint density at radius 3 is 1.00 bits per heavy atom. The van der Waals surface area contributed by atoms with E-state index in [1.165, 1.54) is 77.5 Å². The average molecular weight is 752 g/mol. The van der Waals surface area contributed by atoms with E-state index in [0.717, 1.165) is 17.1 Å². The van der Waals surface area contributed by atoms with Crippen LogP contribution in [0.25, 0.3) is 77.5 Å². The minimum atomic E-state index is 1.09. The maximum absolute atomic E-state index is 2.35. The third-order valence-electron chi connectivity index (χ3n) is 11.3. The molecule has 0 spiro atoms. The zero-order valence-corrected chi connectivity index (χ0v) is 32.6. The highest BCUT2D eigenvalue weighted by atomic mass is 15.1. The van der Waals surface area contributed by atoms with E-state index < -0.39 is 0 Å². The largest absolute Gasteiger partial charge is 0.311 e. The van der Waals surface area contributed by atoms with Crippen LogP contribution in [0.1, 0.15) is 0 Å². The Labute approximate surface area is 346 Å². The molecule has 0 radical (unpaired) electrons. The molecule has 59 heavy (non-hydrogen) atoms. The Hall–Kier alpha value is -7.74. The van der Waals surface area contributed by atoms with Gasteiger partial charge in [-0.05, 0) is 114 Å². The summed E-state index contributed by atoms with van der Waals surface area (Å²) in [6, 6.07) is 89.7. The molecule has 1 nitrogen and oxygen atoms in total. The summed E-state index contributed by atoms with van der Waals surface area (Å²) in [5.41, 5.74) is 17.8. The third-order valence-corrected chi connectivity index (χ3v) is 11.3. The van der Waals surface area contributed by atoms with Gasteiger partial charge in [-0.1, -0.05) is 212 Å². The molecule has 0 unspecified atom stereocenters. The van der Waals surface area contributed by atoms with Gasteiger partial charge in [-0.3, -0.25) is 0 Å². The van der Waals surface area contributed by atoms with Crippen molar-refractivity contribution in [3.05, 3.63) is 249 Å². The number of anilines is 3. The summed E-state index contributed by atoms with van der Waals surface area (Å²) in [4.78, 5) is 2.35. The van der Waals surface area contributed by atoms with Crippen molar-refractivity contribution in [1.82, 2.24) is 0 Å². The number of fused-ring (bicyclic) bond motifs is 1. The second-order valence-corrected chi connectivity index (χ2v) is 14.9. The molecule has 1 heteroatoms. The molecular weight excluding hydrogens is 711 g/mol.